The highest BCUT2D eigenvalue weighted by atomic mass is 16.5. The second-order valence-corrected chi connectivity index (χ2v) is 6.55. The molecule has 0 aliphatic rings. The lowest BCUT2D eigenvalue weighted by Gasteiger charge is -2.10. The SMILES string of the molecule is C=C(C)C(=O)OCc1ccc(-c2ccc(COC(=O)C(=C)C)c(C)c2)cc1. The van der Waals surface area contributed by atoms with Crippen molar-refractivity contribution in [3.63, 3.8) is 0 Å². The molecule has 0 aliphatic carbocycles. The third-order valence-electron chi connectivity index (χ3n) is 4.06. The minimum absolute atomic E-state index is 0.220. The summed E-state index contributed by atoms with van der Waals surface area (Å²) in [5, 5.41) is 0. The fraction of sp³-hybridized carbons (Fsp3) is 0.217. The Morgan fingerprint density at radius 2 is 1.33 bits per heavy atom. The van der Waals surface area contributed by atoms with Crippen molar-refractivity contribution < 1.29 is 19.1 Å². The lowest BCUT2D eigenvalue weighted by molar-refractivity contribution is -0.141. The Hall–Kier alpha value is -3.14. The topological polar surface area (TPSA) is 52.6 Å². The van der Waals surface area contributed by atoms with E-state index in [9.17, 15) is 9.59 Å². The van der Waals surface area contributed by atoms with E-state index in [0.29, 0.717) is 11.1 Å². The van der Waals surface area contributed by atoms with Gasteiger partial charge >= 0.3 is 11.9 Å². The van der Waals surface area contributed by atoms with E-state index < -0.39 is 5.97 Å². The van der Waals surface area contributed by atoms with Gasteiger partial charge in [-0.05, 0) is 48.6 Å². The van der Waals surface area contributed by atoms with Gasteiger partial charge in [0.25, 0.3) is 0 Å². The molecule has 0 amide bonds. The minimum atomic E-state index is -0.391. The summed E-state index contributed by atoms with van der Waals surface area (Å²) in [6.45, 7) is 12.8. The predicted octanol–water partition coefficient (Wildman–Crippen LogP) is 4.90. The molecule has 2 aromatic rings. The van der Waals surface area contributed by atoms with Crippen LogP contribution < -0.4 is 0 Å². The Labute approximate surface area is 160 Å². The van der Waals surface area contributed by atoms with E-state index in [-0.39, 0.29) is 19.2 Å². The molecular weight excluding hydrogens is 340 g/mol. The summed E-state index contributed by atoms with van der Waals surface area (Å²) in [5.74, 6) is -0.779. The van der Waals surface area contributed by atoms with E-state index in [4.69, 9.17) is 9.47 Å². The summed E-state index contributed by atoms with van der Waals surface area (Å²) in [4.78, 5) is 23.0. The first-order valence-corrected chi connectivity index (χ1v) is 8.62. The van der Waals surface area contributed by atoms with Crippen molar-refractivity contribution in [1.82, 2.24) is 0 Å². The Bertz CT molecular complexity index is 876. The molecule has 0 aromatic heterocycles. The fourth-order valence-electron chi connectivity index (χ4n) is 2.37. The molecule has 4 nitrogen and oxygen atoms in total. The van der Waals surface area contributed by atoms with Crippen molar-refractivity contribution >= 4 is 11.9 Å². The number of rotatable bonds is 7. The largest absolute Gasteiger partial charge is 0.457 e. The first kappa shape index (κ1) is 20.2. The van der Waals surface area contributed by atoms with Gasteiger partial charge in [-0.15, -0.1) is 0 Å². The van der Waals surface area contributed by atoms with Crippen LogP contribution in [0.1, 0.15) is 30.5 Å². The number of hydrogen-bond donors (Lipinski definition) is 0. The number of carbonyl (C=O) groups is 2. The zero-order valence-corrected chi connectivity index (χ0v) is 16.0. The average molecular weight is 364 g/mol. The van der Waals surface area contributed by atoms with E-state index >= 15 is 0 Å². The van der Waals surface area contributed by atoms with Crippen LogP contribution in [0.5, 0.6) is 0 Å². The molecule has 0 unspecified atom stereocenters. The molecule has 0 radical (unpaired) electrons. The highest BCUT2D eigenvalue weighted by Crippen LogP contribution is 2.23. The quantitative estimate of drug-likeness (QED) is 0.518. The number of benzene rings is 2. The van der Waals surface area contributed by atoms with Crippen molar-refractivity contribution in [3.05, 3.63) is 83.5 Å². The molecule has 4 heteroatoms. The van der Waals surface area contributed by atoms with Gasteiger partial charge in [0, 0.05) is 11.1 Å². The van der Waals surface area contributed by atoms with Crippen molar-refractivity contribution in [2.24, 2.45) is 0 Å². The lowest BCUT2D eigenvalue weighted by atomic mass is 9.99. The maximum absolute atomic E-state index is 11.5. The molecular formula is C23H24O4. The summed E-state index contributed by atoms with van der Waals surface area (Å²) >= 11 is 0. The van der Waals surface area contributed by atoms with Gasteiger partial charge in [0.15, 0.2) is 0 Å². The zero-order valence-electron chi connectivity index (χ0n) is 16.0. The van der Waals surface area contributed by atoms with Gasteiger partial charge in [-0.1, -0.05) is 55.6 Å². The van der Waals surface area contributed by atoms with Crippen LogP contribution >= 0.6 is 0 Å². The molecule has 0 bridgehead atoms. The van der Waals surface area contributed by atoms with Crippen molar-refractivity contribution in [2.75, 3.05) is 0 Å². The van der Waals surface area contributed by atoms with Crippen molar-refractivity contribution in [2.45, 2.75) is 34.0 Å². The fourth-order valence-corrected chi connectivity index (χ4v) is 2.37. The third-order valence-corrected chi connectivity index (χ3v) is 4.06. The number of carbonyl (C=O) groups excluding carboxylic acids is 2. The Balaban J connectivity index is 2.04. The lowest BCUT2D eigenvalue weighted by Crippen LogP contribution is -2.05. The number of aryl methyl sites for hydroxylation is 1. The minimum Gasteiger partial charge on any atom is -0.457 e. The van der Waals surface area contributed by atoms with Gasteiger partial charge in [0.1, 0.15) is 13.2 Å². The van der Waals surface area contributed by atoms with Gasteiger partial charge in [0.05, 0.1) is 0 Å². The molecule has 2 rings (SSSR count). The van der Waals surface area contributed by atoms with Crippen LogP contribution in [0, 0.1) is 6.92 Å². The van der Waals surface area contributed by atoms with Gasteiger partial charge in [-0.3, -0.25) is 0 Å². The van der Waals surface area contributed by atoms with Crippen molar-refractivity contribution in [1.29, 1.82) is 0 Å². The third kappa shape index (κ3) is 5.68. The highest BCUT2D eigenvalue weighted by molar-refractivity contribution is 5.87. The van der Waals surface area contributed by atoms with E-state index in [1.54, 1.807) is 13.8 Å². The van der Waals surface area contributed by atoms with E-state index in [2.05, 4.69) is 19.2 Å². The maximum atomic E-state index is 11.5. The average Bonchev–Trinajstić information content (AvgIpc) is 2.65. The van der Waals surface area contributed by atoms with Crippen LogP contribution in [0.3, 0.4) is 0 Å². The molecule has 0 heterocycles. The molecule has 0 atom stereocenters. The molecule has 0 saturated heterocycles. The summed E-state index contributed by atoms with van der Waals surface area (Å²) in [7, 11) is 0. The Morgan fingerprint density at radius 1 is 0.815 bits per heavy atom. The van der Waals surface area contributed by atoms with Gasteiger partial charge in [0.2, 0.25) is 0 Å². The second kappa shape index (κ2) is 8.99. The second-order valence-electron chi connectivity index (χ2n) is 6.55. The smallest absolute Gasteiger partial charge is 0.333 e. The van der Waals surface area contributed by atoms with Crippen molar-refractivity contribution in [3.8, 4) is 11.1 Å². The van der Waals surface area contributed by atoms with Crippen LogP contribution in [0.15, 0.2) is 66.8 Å². The zero-order chi connectivity index (χ0) is 20.0. The van der Waals surface area contributed by atoms with Gasteiger partial charge in [-0.25, -0.2) is 9.59 Å². The first-order valence-electron chi connectivity index (χ1n) is 8.62. The molecule has 27 heavy (non-hydrogen) atoms. The molecule has 140 valence electrons. The predicted molar refractivity (Wildman–Crippen MR) is 106 cm³/mol. The summed E-state index contributed by atoms with van der Waals surface area (Å²) in [6.07, 6.45) is 0. The van der Waals surface area contributed by atoms with Crippen LogP contribution in [0.4, 0.5) is 0 Å². The number of ether oxygens (including phenoxy) is 2. The normalized spacial score (nSPS) is 10.2. The van der Waals surface area contributed by atoms with E-state index in [1.165, 1.54) is 0 Å². The van der Waals surface area contributed by atoms with Crippen LogP contribution in [-0.2, 0) is 32.3 Å². The Morgan fingerprint density at radius 3 is 1.85 bits per heavy atom. The molecule has 0 fully saturated rings. The summed E-state index contributed by atoms with van der Waals surface area (Å²) < 4.78 is 10.4. The summed E-state index contributed by atoms with van der Waals surface area (Å²) in [6, 6.07) is 13.8. The summed E-state index contributed by atoms with van der Waals surface area (Å²) in [5.41, 5.74) is 5.80. The van der Waals surface area contributed by atoms with Gasteiger partial charge < -0.3 is 9.47 Å². The van der Waals surface area contributed by atoms with E-state index in [0.717, 1.165) is 27.8 Å². The molecule has 0 saturated carbocycles. The monoisotopic (exact) mass is 364 g/mol. The molecule has 0 aliphatic heterocycles. The maximum Gasteiger partial charge on any atom is 0.333 e. The van der Waals surface area contributed by atoms with E-state index in [1.807, 2.05) is 43.3 Å². The Kier molecular flexibility index (Phi) is 6.72. The highest BCUT2D eigenvalue weighted by Gasteiger charge is 2.08. The number of esters is 2. The number of hydrogen-bond acceptors (Lipinski definition) is 4. The van der Waals surface area contributed by atoms with Crippen LogP contribution in [-0.4, -0.2) is 11.9 Å². The molecule has 0 spiro atoms. The van der Waals surface area contributed by atoms with Crippen LogP contribution in [0.25, 0.3) is 11.1 Å². The molecule has 0 N–H and O–H groups in total. The van der Waals surface area contributed by atoms with Crippen LogP contribution in [0.2, 0.25) is 0 Å². The van der Waals surface area contributed by atoms with Gasteiger partial charge in [-0.2, -0.15) is 0 Å². The standard InChI is InChI=1S/C23H24O4/c1-15(2)22(24)26-13-18-6-8-19(9-7-18)20-10-11-21(17(5)12-20)14-27-23(25)16(3)4/h6-12H,1,3,13-14H2,2,4-5H3. The molecule has 2 aromatic carbocycles. The first-order chi connectivity index (χ1) is 12.8.